The molecular weight excluding hydrogens is 801 g/mol. The molecule has 7 rings (SSSR count). The van der Waals surface area contributed by atoms with Crippen LogP contribution in [0.3, 0.4) is 0 Å². The van der Waals surface area contributed by atoms with E-state index in [4.69, 9.17) is 47.4 Å². The van der Waals surface area contributed by atoms with Crippen molar-refractivity contribution in [2.24, 2.45) is 23.7 Å². The summed E-state index contributed by atoms with van der Waals surface area (Å²) < 4.78 is 64.0. The van der Waals surface area contributed by atoms with Crippen molar-refractivity contribution >= 4 is 5.97 Å². The topological polar surface area (TPSA) is 170 Å². The molecule has 62 heavy (non-hydrogen) atoms. The number of allylic oxidation sites excluding steroid dienone is 2. The lowest BCUT2D eigenvalue weighted by atomic mass is 9.71. The molecule has 0 aromatic heterocycles. The molecule has 6 aliphatic heterocycles. The lowest BCUT2D eigenvalue weighted by molar-refractivity contribution is -0.340. The van der Waals surface area contributed by atoms with Gasteiger partial charge in [-0.3, -0.25) is 4.79 Å². The largest absolute Gasteiger partial charge is 0.462 e. The highest BCUT2D eigenvalue weighted by Gasteiger charge is 2.60. The van der Waals surface area contributed by atoms with Crippen molar-refractivity contribution < 1.29 is 67.5 Å². The predicted octanol–water partition coefficient (Wildman–Crippen LogP) is 5.60. The molecule has 5 saturated heterocycles. The highest BCUT2D eigenvalue weighted by Crippen LogP contribution is 2.48. The van der Waals surface area contributed by atoms with E-state index in [-0.39, 0.29) is 36.8 Å². The average Bonchev–Trinajstić information content (AvgIpc) is 3.58. The maximum absolute atomic E-state index is 14.4. The van der Waals surface area contributed by atoms with Crippen molar-refractivity contribution in [3.8, 4) is 0 Å². The fourth-order valence-corrected chi connectivity index (χ4v) is 11.1. The van der Waals surface area contributed by atoms with Crippen LogP contribution in [-0.4, -0.2) is 139 Å². The van der Waals surface area contributed by atoms with Gasteiger partial charge in [-0.15, -0.1) is 0 Å². The summed E-state index contributed by atoms with van der Waals surface area (Å²) in [6.45, 7) is 16.3. The van der Waals surface area contributed by atoms with Crippen molar-refractivity contribution in [3.63, 3.8) is 0 Å². The number of methoxy groups -OCH3 is 2. The average molecular weight is 875 g/mol. The van der Waals surface area contributed by atoms with Gasteiger partial charge in [0.2, 0.25) is 0 Å². The van der Waals surface area contributed by atoms with Crippen LogP contribution in [-0.2, 0) is 52.2 Å². The molecule has 0 unspecified atom stereocenters. The third-order valence-electron chi connectivity index (χ3n) is 14.7. The molecule has 7 aliphatic rings. The van der Waals surface area contributed by atoms with Crippen LogP contribution in [0.4, 0.5) is 0 Å². The van der Waals surface area contributed by atoms with E-state index >= 15 is 0 Å². The third-order valence-corrected chi connectivity index (χ3v) is 14.7. The Morgan fingerprint density at radius 1 is 0.919 bits per heavy atom. The van der Waals surface area contributed by atoms with E-state index in [9.17, 15) is 20.1 Å². The van der Waals surface area contributed by atoms with E-state index in [2.05, 4.69) is 46.8 Å². The van der Waals surface area contributed by atoms with Gasteiger partial charge >= 0.3 is 5.97 Å². The summed E-state index contributed by atoms with van der Waals surface area (Å²) in [5, 5.41) is 34.3. The number of aliphatic hydroxyl groups is 3. The van der Waals surface area contributed by atoms with Gasteiger partial charge in [-0.2, -0.15) is 0 Å². The quantitative estimate of drug-likeness (QED) is 0.204. The molecule has 2 bridgehead atoms. The summed E-state index contributed by atoms with van der Waals surface area (Å²) in [5.41, 5.74) is 0.210. The number of esters is 1. The van der Waals surface area contributed by atoms with Crippen molar-refractivity contribution in [1.82, 2.24) is 0 Å². The molecule has 14 heteroatoms. The number of hydrogen-bond acceptors (Lipinski definition) is 14. The first-order chi connectivity index (χ1) is 29.5. The standard InChI is InChI=1S/C48H74O14/c1-11-31-13-12-14-32-24-55-45-40(49)28(6)19-35(48(32,45)52)46(51)58-34-20-33(61-47(23-34)18-17-27(5)42(62-47)25(2)3)16-15-26(4)43(31)59-39-22-37(54-10)44(30(8)57-39)60-38-21-36(53-9)41(50)29(7)56-38/h12-15,19,25,27,29-31,33-45,49-50,52H,11,16-18,20-24H2,1-10H3/t27-,29-,30-,31-,33+,34-,35-,36-,37-,38-,39-,40+,41-,42+,43+,44-,45+,47+,48+/m0/s1. The lowest BCUT2D eigenvalue weighted by Crippen LogP contribution is -2.58. The molecule has 6 heterocycles. The Morgan fingerprint density at radius 3 is 2.34 bits per heavy atom. The van der Waals surface area contributed by atoms with E-state index in [1.165, 1.54) is 0 Å². The number of ether oxygens (including phenoxy) is 10. The zero-order valence-electron chi connectivity index (χ0n) is 38.5. The van der Waals surface area contributed by atoms with E-state index in [0.29, 0.717) is 62.0 Å². The first-order valence-electron chi connectivity index (χ1n) is 23.2. The molecule has 350 valence electrons. The molecule has 0 aromatic carbocycles. The number of hydrogen-bond donors (Lipinski definition) is 3. The molecule has 14 nitrogen and oxygen atoms in total. The summed E-state index contributed by atoms with van der Waals surface area (Å²) in [7, 11) is 3.23. The number of carbonyl (C=O) groups excluding carboxylic acids is 1. The lowest BCUT2D eigenvalue weighted by Gasteiger charge is -2.50. The van der Waals surface area contributed by atoms with Crippen LogP contribution in [0.2, 0.25) is 0 Å². The Morgan fingerprint density at radius 2 is 1.63 bits per heavy atom. The second kappa shape index (κ2) is 19.8. The molecule has 3 N–H and O–H groups in total. The smallest absolute Gasteiger partial charge is 0.316 e. The van der Waals surface area contributed by atoms with Gasteiger partial charge in [-0.1, -0.05) is 58.1 Å². The maximum atomic E-state index is 14.4. The van der Waals surface area contributed by atoms with E-state index in [1.54, 1.807) is 40.2 Å². The second-order valence-electron chi connectivity index (χ2n) is 19.4. The van der Waals surface area contributed by atoms with Gasteiger partial charge in [-0.25, -0.2) is 0 Å². The molecular formula is C48H74O14. The zero-order valence-corrected chi connectivity index (χ0v) is 38.5. The minimum Gasteiger partial charge on any atom is -0.462 e. The molecule has 0 saturated carbocycles. The van der Waals surface area contributed by atoms with Crippen LogP contribution >= 0.6 is 0 Å². The van der Waals surface area contributed by atoms with Crippen LogP contribution in [0.25, 0.3) is 0 Å². The van der Waals surface area contributed by atoms with Gasteiger partial charge in [0.1, 0.15) is 42.0 Å². The number of rotatable bonds is 8. The molecule has 19 atom stereocenters. The van der Waals surface area contributed by atoms with Gasteiger partial charge in [0, 0.05) is 52.2 Å². The first-order valence-corrected chi connectivity index (χ1v) is 23.2. The highest BCUT2D eigenvalue weighted by atomic mass is 16.7. The summed E-state index contributed by atoms with van der Waals surface area (Å²) in [5.74, 6) is -2.10. The molecule has 0 amide bonds. The Kier molecular flexibility index (Phi) is 15.3. The second-order valence-corrected chi connectivity index (χ2v) is 19.4. The number of fused-ring (bicyclic) bond motifs is 2. The van der Waals surface area contributed by atoms with Crippen molar-refractivity contribution in [2.75, 3.05) is 20.8 Å². The molecule has 1 aliphatic carbocycles. The van der Waals surface area contributed by atoms with Crippen LogP contribution in [0, 0.1) is 23.7 Å². The summed E-state index contributed by atoms with van der Waals surface area (Å²) in [4.78, 5) is 14.4. The molecule has 0 aromatic rings. The molecule has 5 fully saturated rings. The van der Waals surface area contributed by atoms with E-state index in [1.807, 2.05) is 13.0 Å². The Labute approximate surface area is 368 Å². The summed E-state index contributed by atoms with van der Waals surface area (Å²) in [6.07, 6.45) is 6.39. The minimum absolute atomic E-state index is 0.0215. The number of carbonyl (C=O) groups is 1. The fraction of sp³-hybridized carbons (Fsp3) is 0.812. The number of aliphatic hydroxyl groups excluding tert-OH is 2. The first kappa shape index (κ1) is 47.9. The third kappa shape index (κ3) is 9.73. The summed E-state index contributed by atoms with van der Waals surface area (Å²) in [6, 6.07) is 0. The van der Waals surface area contributed by atoms with Gasteiger partial charge in [0.15, 0.2) is 18.4 Å². The van der Waals surface area contributed by atoms with Gasteiger partial charge in [0.05, 0.1) is 49.3 Å². The Hall–Kier alpha value is -2.05. The van der Waals surface area contributed by atoms with Gasteiger partial charge in [0.25, 0.3) is 0 Å². The normalized spacial score (nSPS) is 46.8. The van der Waals surface area contributed by atoms with Crippen LogP contribution in [0.1, 0.15) is 107 Å². The van der Waals surface area contributed by atoms with Crippen molar-refractivity contribution in [3.05, 3.63) is 47.1 Å². The molecule has 0 radical (unpaired) electrons. The van der Waals surface area contributed by atoms with Crippen molar-refractivity contribution in [2.45, 2.75) is 204 Å². The minimum atomic E-state index is -1.82. The predicted molar refractivity (Wildman–Crippen MR) is 227 cm³/mol. The van der Waals surface area contributed by atoms with Crippen LogP contribution in [0.15, 0.2) is 47.1 Å². The van der Waals surface area contributed by atoms with Crippen LogP contribution in [0.5, 0.6) is 0 Å². The Bertz CT molecular complexity index is 1680. The van der Waals surface area contributed by atoms with Gasteiger partial charge in [-0.05, 0) is 75.5 Å². The SMILES string of the molecule is CC[C@H]1C=CC=C2CO[C@@H]3[C@H](O)C(C)=C[C@@H](C(=O)O[C@H]4C[C@@H](CC=C(C)[C@H]1O[C@H]1C[C@H](OC)[C@@H](O[C@H]5C[C@H](OC)[C@@H](O)[C@H](C)O5)[C@H](C)O1)O[C@@]1(CC[C@H](C)[C@@H](C(C)C)O1)C4)[C@]23O. The van der Waals surface area contributed by atoms with Crippen molar-refractivity contribution in [1.29, 1.82) is 0 Å². The van der Waals surface area contributed by atoms with Gasteiger partial charge < -0.3 is 62.7 Å². The Balaban J connectivity index is 1.19. The van der Waals surface area contributed by atoms with E-state index < -0.39 is 90.8 Å². The zero-order chi connectivity index (χ0) is 44.7. The monoisotopic (exact) mass is 875 g/mol. The van der Waals surface area contributed by atoms with Crippen LogP contribution < -0.4 is 0 Å². The highest BCUT2D eigenvalue weighted by molar-refractivity contribution is 5.78. The maximum Gasteiger partial charge on any atom is 0.316 e. The fourth-order valence-electron chi connectivity index (χ4n) is 11.1. The molecule has 1 spiro atoms. The summed E-state index contributed by atoms with van der Waals surface area (Å²) >= 11 is 0. The van der Waals surface area contributed by atoms with E-state index in [0.717, 1.165) is 12.0 Å².